The van der Waals surface area contributed by atoms with Gasteiger partial charge in [0.15, 0.2) is 5.25 Å². The third-order valence-corrected chi connectivity index (χ3v) is 4.14. The lowest BCUT2D eigenvalue weighted by Crippen LogP contribution is -2.26. The maximum Gasteiger partial charge on any atom is 0.410 e. The summed E-state index contributed by atoms with van der Waals surface area (Å²) in [7, 11) is 0.0833. The van der Waals surface area contributed by atoms with Crippen LogP contribution in [0.4, 0.5) is 13.2 Å². The zero-order valence-electron chi connectivity index (χ0n) is 9.23. The molecule has 0 spiro atoms. The minimum absolute atomic E-state index is 0.0310. The van der Waals surface area contributed by atoms with E-state index in [0.717, 1.165) is 6.07 Å². The predicted octanol–water partition coefficient (Wildman–Crippen LogP) is 3.41. The summed E-state index contributed by atoms with van der Waals surface area (Å²) in [6.07, 6.45) is -3.72. The smallest absolute Gasteiger partial charge is 0.256 e. The lowest BCUT2D eigenvalue weighted by Gasteiger charge is -2.18. The van der Waals surface area contributed by atoms with Gasteiger partial charge >= 0.3 is 6.18 Å². The van der Waals surface area contributed by atoms with Crippen LogP contribution >= 0.6 is 10.7 Å². The largest absolute Gasteiger partial charge is 0.410 e. The first-order valence-electron chi connectivity index (χ1n) is 5.05. The van der Waals surface area contributed by atoms with Crippen LogP contribution in [0.15, 0.2) is 36.5 Å². The maximum atomic E-state index is 12.9. The predicted molar refractivity (Wildman–Crippen MR) is 65.3 cm³/mol. The Morgan fingerprint density at radius 2 is 1.79 bits per heavy atom. The minimum Gasteiger partial charge on any atom is -0.256 e. The monoisotopic (exact) mass is 309 g/mol. The standard InChI is InChI=1S/C11H7ClF3NO2S/c12-19(17,18)10(11(13,14)15)8-5-1-3-7-4-2-6-16-9(7)8/h1-6,10H. The zero-order valence-corrected chi connectivity index (χ0v) is 10.8. The SMILES string of the molecule is O=S(=O)(Cl)C(c1cccc2cccnc12)C(F)(F)F. The van der Waals surface area contributed by atoms with Gasteiger partial charge in [0.05, 0.1) is 5.52 Å². The van der Waals surface area contributed by atoms with E-state index in [4.69, 9.17) is 10.7 Å². The van der Waals surface area contributed by atoms with E-state index in [0.29, 0.717) is 5.39 Å². The Hall–Kier alpha value is -1.34. The van der Waals surface area contributed by atoms with E-state index in [1.807, 2.05) is 0 Å². The average molecular weight is 310 g/mol. The van der Waals surface area contributed by atoms with E-state index in [1.54, 1.807) is 18.2 Å². The fourth-order valence-electron chi connectivity index (χ4n) is 1.83. The first kappa shape index (κ1) is 14.1. The molecule has 0 bridgehead atoms. The number of nitrogens with zero attached hydrogens (tertiary/aromatic N) is 1. The van der Waals surface area contributed by atoms with Crippen molar-refractivity contribution in [1.82, 2.24) is 4.98 Å². The normalized spacial score (nSPS) is 14.5. The summed E-state index contributed by atoms with van der Waals surface area (Å²) < 4.78 is 61.3. The average Bonchev–Trinajstić information content (AvgIpc) is 2.25. The molecule has 8 heteroatoms. The zero-order chi connectivity index (χ0) is 14.3. The molecular formula is C11H7ClF3NO2S. The van der Waals surface area contributed by atoms with Crippen LogP contribution in [0.5, 0.6) is 0 Å². The third kappa shape index (κ3) is 2.82. The summed E-state index contributed by atoms with van der Waals surface area (Å²) in [6, 6.07) is 7.03. The molecule has 1 aromatic carbocycles. The number of hydrogen-bond acceptors (Lipinski definition) is 3. The summed E-state index contributed by atoms with van der Waals surface area (Å²) in [5, 5.41) is -2.38. The number of para-hydroxylation sites is 1. The molecule has 0 saturated heterocycles. The van der Waals surface area contributed by atoms with Gasteiger partial charge in [-0.25, -0.2) is 8.42 Å². The molecular weight excluding hydrogens is 303 g/mol. The summed E-state index contributed by atoms with van der Waals surface area (Å²) in [5.74, 6) is 0. The van der Waals surface area contributed by atoms with Crippen molar-refractivity contribution in [2.24, 2.45) is 0 Å². The molecule has 0 radical (unpaired) electrons. The number of halogens is 4. The Morgan fingerprint density at radius 3 is 2.37 bits per heavy atom. The molecule has 0 aliphatic rings. The van der Waals surface area contributed by atoms with Crippen LogP contribution in [0.1, 0.15) is 10.8 Å². The number of aromatic nitrogens is 1. The number of benzene rings is 1. The van der Waals surface area contributed by atoms with E-state index in [2.05, 4.69) is 4.98 Å². The summed E-state index contributed by atoms with van der Waals surface area (Å²) in [6.45, 7) is 0. The van der Waals surface area contributed by atoms with E-state index >= 15 is 0 Å². The number of hydrogen-bond donors (Lipinski definition) is 0. The Kier molecular flexibility index (Phi) is 3.44. The molecule has 1 heterocycles. The molecule has 0 saturated carbocycles. The van der Waals surface area contributed by atoms with Gasteiger partial charge in [0.2, 0.25) is 9.05 Å². The van der Waals surface area contributed by atoms with Crippen LogP contribution in [0.2, 0.25) is 0 Å². The van der Waals surface area contributed by atoms with E-state index < -0.39 is 26.0 Å². The van der Waals surface area contributed by atoms with Gasteiger partial charge < -0.3 is 0 Å². The van der Waals surface area contributed by atoms with Crippen LogP contribution in [-0.2, 0) is 9.05 Å². The molecule has 1 aromatic heterocycles. The van der Waals surface area contributed by atoms with Gasteiger partial charge in [-0.2, -0.15) is 13.2 Å². The molecule has 0 fully saturated rings. The quantitative estimate of drug-likeness (QED) is 0.799. The van der Waals surface area contributed by atoms with Gasteiger partial charge in [0.1, 0.15) is 0 Å². The second kappa shape index (κ2) is 4.64. The summed E-state index contributed by atoms with van der Waals surface area (Å²) in [5.41, 5.74) is -0.503. The van der Waals surface area contributed by atoms with Crippen molar-refractivity contribution in [2.45, 2.75) is 11.4 Å². The van der Waals surface area contributed by atoms with Crippen molar-refractivity contribution in [3.8, 4) is 0 Å². The Labute approximate surface area is 111 Å². The van der Waals surface area contributed by atoms with Gasteiger partial charge in [-0.15, -0.1) is 0 Å². The van der Waals surface area contributed by atoms with Crippen molar-refractivity contribution in [1.29, 1.82) is 0 Å². The van der Waals surface area contributed by atoms with Crippen molar-refractivity contribution in [3.05, 3.63) is 42.1 Å². The molecule has 2 aromatic rings. The molecule has 1 atom stereocenters. The van der Waals surface area contributed by atoms with Crippen molar-refractivity contribution in [2.75, 3.05) is 0 Å². The molecule has 0 aliphatic carbocycles. The number of alkyl halides is 3. The number of fused-ring (bicyclic) bond motifs is 1. The minimum atomic E-state index is -5.01. The highest BCUT2D eigenvalue weighted by Crippen LogP contribution is 2.42. The second-order valence-corrected chi connectivity index (χ2v) is 6.53. The topological polar surface area (TPSA) is 47.0 Å². The lowest BCUT2D eigenvalue weighted by atomic mass is 10.1. The highest BCUT2D eigenvalue weighted by atomic mass is 35.7. The van der Waals surface area contributed by atoms with Gasteiger partial charge in [-0.3, -0.25) is 4.98 Å². The molecule has 0 N–H and O–H groups in total. The molecule has 2 rings (SSSR count). The van der Waals surface area contributed by atoms with Crippen LogP contribution in [0.25, 0.3) is 10.9 Å². The van der Waals surface area contributed by atoms with Crippen LogP contribution in [0, 0.1) is 0 Å². The van der Waals surface area contributed by atoms with Crippen LogP contribution in [0.3, 0.4) is 0 Å². The number of rotatable bonds is 2. The molecule has 3 nitrogen and oxygen atoms in total. The second-order valence-electron chi connectivity index (χ2n) is 3.82. The van der Waals surface area contributed by atoms with Gasteiger partial charge in [-0.05, 0) is 6.07 Å². The fourth-order valence-corrected chi connectivity index (χ4v) is 3.23. The number of pyridine rings is 1. The van der Waals surface area contributed by atoms with Gasteiger partial charge in [-0.1, -0.05) is 24.3 Å². The van der Waals surface area contributed by atoms with E-state index in [-0.39, 0.29) is 5.52 Å². The third-order valence-electron chi connectivity index (χ3n) is 2.53. The van der Waals surface area contributed by atoms with E-state index in [1.165, 1.54) is 12.3 Å². The first-order chi connectivity index (χ1) is 8.71. The van der Waals surface area contributed by atoms with Crippen molar-refractivity contribution < 1.29 is 21.6 Å². The van der Waals surface area contributed by atoms with Crippen molar-refractivity contribution in [3.63, 3.8) is 0 Å². The van der Waals surface area contributed by atoms with E-state index in [9.17, 15) is 21.6 Å². The maximum absolute atomic E-state index is 12.9. The first-order valence-corrected chi connectivity index (χ1v) is 7.42. The molecule has 102 valence electrons. The molecule has 0 amide bonds. The van der Waals surface area contributed by atoms with Crippen LogP contribution < -0.4 is 0 Å². The highest BCUT2D eigenvalue weighted by molar-refractivity contribution is 8.14. The fraction of sp³-hybridized carbons (Fsp3) is 0.182. The summed E-state index contributed by atoms with van der Waals surface area (Å²) in [4.78, 5) is 3.81. The lowest BCUT2D eigenvalue weighted by molar-refractivity contribution is -0.130. The highest BCUT2D eigenvalue weighted by Gasteiger charge is 2.50. The Morgan fingerprint density at radius 1 is 1.16 bits per heavy atom. The molecule has 1 unspecified atom stereocenters. The Balaban J connectivity index is 2.78. The molecule has 0 aliphatic heterocycles. The summed E-state index contributed by atoms with van der Waals surface area (Å²) >= 11 is 0. The molecule has 19 heavy (non-hydrogen) atoms. The van der Waals surface area contributed by atoms with Gasteiger partial charge in [0.25, 0.3) is 0 Å². The Bertz CT molecular complexity index is 710. The van der Waals surface area contributed by atoms with Gasteiger partial charge in [0, 0.05) is 27.8 Å². The van der Waals surface area contributed by atoms with Crippen molar-refractivity contribution >= 4 is 30.6 Å². The van der Waals surface area contributed by atoms with Crippen LogP contribution in [-0.4, -0.2) is 19.6 Å².